The molecule has 1 aliphatic carbocycles. The van der Waals surface area contributed by atoms with Gasteiger partial charge in [-0.1, -0.05) is 18.2 Å². The van der Waals surface area contributed by atoms with Crippen LogP contribution in [0, 0.1) is 0 Å². The predicted octanol–water partition coefficient (Wildman–Crippen LogP) is 3.57. The minimum atomic E-state index is -4.56. The number of nitrogen functional groups attached to an aromatic ring is 1. The zero-order valence-corrected chi connectivity index (χ0v) is 13.6. The van der Waals surface area contributed by atoms with Crippen molar-refractivity contribution in [2.75, 3.05) is 12.3 Å². The van der Waals surface area contributed by atoms with Crippen molar-refractivity contribution in [3.63, 3.8) is 0 Å². The van der Waals surface area contributed by atoms with Gasteiger partial charge in [-0.25, -0.2) is 4.98 Å². The molecule has 1 atom stereocenters. The Bertz CT molecular complexity index is 708. The minimum absolute atomic E-state index is 0.0587. The highest BCUT2D eigenvalue weighted by molar-refractivity contribution is 5.65. The van der Waals surface area contributed by atoms with Crippen molar-refractivity contribution in [2.45, 2.75) is 32.5 Å². The first-order valence-corrected chi connectivity index (χ1v) is 7.40. The number of rotatable bonds is 5. The van der Waals surface area contributed by atoms with Gasteiger partial charge in [0.2, 0.25) is 0 Å². The van der Waals surface area contributed by atoms with Crippen LogP contribution in [0.15, 0.2) is 42.4 Å². The molecule has 0 spiro atoms. The largest absolute Gasteiger partial charge is 0.419 e. The molecule has 0 aliphatic heterocycles. The van der Waals surface area contributed by atoms with Gasteiger partial charge < -0.3 is 15.7 Å². The Morgan fingerprint density at radius 1 is 1.54 bits per heavy atom. The second-order valence-electron chi connectivity index (χ2n) is 5.80. The van der Waals surface area contributed by atoms with E-state index in [4.69, 9.17) is 5.73 Å². The molecule has 0 saturated carbocycles. The van der Waals surface area contributed by atoms with Crippen molar-refractivity contribution in [1.82, 2.24) is 9.88 Å². The van der Waals surface area contributed by atoms with E-state index in [0.29, 0.717) is 16.8 Å². The smallest absolute Gasteiger partial charge is 0.390 e. The molecule has 0 amide bonds. The van der Waals surface area contributed by atoms with E-state index in [1.807, 2.05) is 6.92 Å². The number of hydrogen-bond donors (Lipinski definition) is 2. The number of aromatic nitrogens is 1. The van der Waals surface area contributed by atoms with Crippen molar-refractivity contribution in [3.05, 3.63) is 53.5 Å². The number of anilines is 1. The van der Waals surface area contributed by atoms with Gasteiger partial charge in [-0.05, 0) is 37.5 Å². The molecule has 1 aliphatic rings. The summed E-state index contributed by atoms with van der Waals surface area (Å²) >= 11 is 0. The average molecular weight is 339 g/mol. The molecule has 4 nitrogen and oxygen atoms in total. The third-order valence-corrected chi connectivity index (χ3v) is 4.08. The van der Waals surface area contributed by atoms with E-state index in [2.05, 4.69) is 17.6 Å². The van der Waals surface area contributed by atoms with Gasteiger partial charge in [-0.3, -0.25) is 0 Å². The summed E-state index contributed by atoms with van der Waals surface area (Å²) in [6, 6.07) is 1.04. The summed E-state index contributed by atoms with van der Waals surface area (Å²) in [5.74, 6) is -0.548. The van der Waals surface area contributed by atoms with Gasteiger partial charge in [0.25, 0.3) is 0 Å². The van der Waals surface area contributed by atoms with Crippen molar-refractivity contribution < 1.29 is 18.3 Å². The van der Waals surface area contributed by atoms with Crippen LogP contribution in [-0.2, 0) is 6.18 Å². The topological polar surface area (TPSA) is 62.4 Å². The van der Waals surface area contributed by atoms with Crippen molar-refractivity contribution in [2.24, 2.45) is 0 Å². The van der Waals surface area contributed by atoms with Crippen LogP contribution in [-0.4, -0.2) is 27.6 Å². The lowest BCUT2D eigenvalue weighted by molar-refractivity contribution is -0.137. The van der Waals surface area contributed by atoms with Gasteiger partial charge in [-0.15, -0.1) is 0 Å². The lowest BCUT2D eigenvalue weighted by Crippen LogP contribution is -2.36. The fourth-order valence-corrected chi connectivity index (χ4v) is 2.48. The Hall–Kier alpha value is -2.28. The molecule has 24 heavy (non-hydrogen) atoms. The minimum Gasteiger partial charge on any atom is -0.390 e. The van der Waals surface area contributed by atoms with Gasteiger partial charge in [0.05, 0.1) is 18.2 Å². The van der Waals surface area contributed by atoms with E-state index >= 15 is 0 Å². The highest BCUT2D eigenvalue weighted by Gasteiger charge is 2.34. The lowest BCUT2D eigenvalue weighted by Gasteiger charge is -2.37. The molecule has 3 N–H and O–H groups in total. The highest BCUT2D eigenvalue weighted by Crippen LogP contribution is 2.35. The first-order valence-electron chi connectivity index (χ1n) is 7.40. The summed E-state index contributed by atoms with van der Waals surface area (Å²) in [6.45, 7) is 7.23. The van der Waals surface area contributed by atoms with Crippen LogP contribution in [0.4, 0.5) is 19.0 Å². The number of aliphatic hydroxyl groups excluding tert-OH is 1. The number of nitrogens with two attached hydrogens (primary N) is 1. The standard InChI is InChI=1S/C17H20F3N3O/c1-10-4-5-15(10)23(12(3)9-24)8-11(2)13-6-14(17(18,19)20)16(21)22-7-13/h4,6-8,15,24H,3,5,9H2,1-2H3,(H2,21,22)/b11-8+. The number of halogens is 3. The average Bonchev–Trinajstić information content (AvgIpc) is 2.51. The van der Waals surface area contributed by atoms with Gasteiger partial charge >= 0.3 is 6.18 Å². The van der Waals surface area contributed by atoms with Gasteiger partial charge in [0.1, 0.15) is 5.82 Å². The summed E-state index contributed by atoms with van der Waals surface area (Å²) in [7, 11) is 0. The fourth-order valence-electron chi connectivity index (χ4n) is 2.48. The zero-order valence-electron chi connectivity index (χ0n) is 13.6. The maximum absolute atomic E-state index is 13.0. The summed E-state index contributed by atoms with van der Waals surface area (Å²) in [5.41, 5.74) is 6.86. The SMILES string of the molecule is C=C(CO)N(/C=C(\C)c1cnc(N)c(C(F)(F)F)c1)C1CC=C1C. The number of allylic oxidation sites excluding steroid dienone is 1. The van der Waals surface area contributed by atoms with E-state index in [-0.39, 0.29) is 12.6 Å². The number of aliphatic hydroxyl groups is 1. The molecule has 7 heteroatoms. The van der Waals surface area contributed by atoms with E-state index < -0.39 is 17.6 Å². The molecule has 0 radical (unpaired) electrons. The van der Waals surface area contributed by atoms with Crippen LogP contribution >= 0.6 is 0 Å². The Balaban J connectivity index is 2.38. The molecule has 0 bridgehead atoms. The van der Waals surface area contributed by atoms with E-state index in [9.17, 15) is 18.3 Å². The molecular weight excluding hydrogens is 319 g/mol. The summed E-state index contributed by atoms with van der Waals surface area (Å²) in [6.07, 6.45) is 1.28. The molecule has 1 unspecified atom stereocenters. The predicted molar refractivity (Wildman–Crippen MR) is 87.5 cm³/mol. The maximum atomic E-state index is 13.0. The Morgan fingerprint density at radius 3 is 2.67 bits per heavy atom. The number of pyridine rings is 1. The molecule has 0 aromatic carbocycles. The van der Waals surface area contributed by atoms with Crippen molar-refractivity contribution >= 4 is 11.4 Å². The quantitative estimate of drug-likeness (QED) is 0.805. The molecule has 0 fully saturated rings. The number of hydrogen-bond acceptors (Lipinski definition) is 4. The second kappa shape index (κ2) is 6.68. The molecule has 130 valence electrons. The lowest BCUT2D eigenvalue weighted by atomic mass is 9.91. The molecule has 2 rings (SSSR count). The first-order chi connectivity index (χ1) is 11.1. The molecule has 1 aromatic heterocycles. The Kier molecular flexibility index (Phi) is 5.03. The second-order valence-corrected chi connectivity index (χ2v) is 5.80. The molecule has 1 heterocycles. The normalized spacial score (nSPS) is 18.0. The third kappa shape index (κ3) is 3.62. The first kappa shape index (κ1) is 18.1. The summed E-state index contributed by atoms with van der Waals surface area (Å²) < 4.78 is 38.9. The van der Waals surface area contributed by atoms with E-state index in [0.717, 1.165) is 18.1 Å². The van der Waals surface area contributed by atoms with Crippen LogP contribution in [0.25, 0.3) is 5.57 Å². The Labute approximate surface area is 138 Å². The molecular formula is C17H20F3N3O. The fraction of sp³-hybridized carbons (Fsp3) is 0.353. The van der Waals surface area contributed by atoms with Crippen LogP contribution in [0.5, 0.6) is 0 Å². The Morgan fingerprint density at radius 2 is 2.21 bits per heavy atom. The number of nitrogens with zero attached hydrogens (tertiary/aromatic N) is 2. The van der Waals surface area contributed by atoms with Crippen molar-refractivity contribution in [3.8, 4) is 0 Å². The number of alkyl halides is 3. The van der Waals surface area contributed by atoms with Crippen LogP contribution in [0.2, 0.25) is 0 Å². The zero-order chi connectivity index (χ0) is 18.1. The van der Waals surface area contributed by atoms with E-state index in [1.54, 1.807) is 18.0 Å². The summed E-state index contributed by atoms with van der Waals surface area (Å²) in [5, 5.41) is 9.36. The molecule has 1 aromatic rings. The van der Waals surface area contributed by atoms with E-state index in [1.165, 1.54) is 6.20 Å². The highest BCUT2D eigenvalue weighted by atomic mass is 19.4. The van der Waals surface area contributed by atoms with Gasteiger partial charge in [-0.2, -0.15) is 13.2 Å². The van der Waals surface area contributed by atoms with Gasteiger partial charge in [0.15, 0.2) is 0 Å². The summed E-state index contributed by atoms with van der Waals surface area (Å²) in [4.78, 5) is 5.43. The third-order valence-electron chi connectivity index (χ3n) is 4.08. The van der Waals surface area contributed by atoms with Crippen LogP contribution in [0.1, 0.15) is 31.4 Å². The van der Waals surface area contributed by atoms with Crippen LogP contribution < -0.4 is 5.73 Å². The maximum Gasteiger partial charge on any atom is 0.419 e. The van der Waals surface area contributed by atoms with Crippen molar-refractivity contribution in [1.29, 1.82) is 0 Å². The molecule has 0 saturated heterocycles. The monoisotopic (exact) mass is 339 g/mol. The van der Waals surface area contributed by atoms with Crippen LogP contribution in [0.3, 0.4) is 0 Å². The van der Waals surface area contributed by atoms with Gasteiger partial charge in [0, 0.05) is 18.1 Å².